The van der Waals surface area contributed by atoms with Crippen molar-refractivity contribution in [2.45, 2.75) is 72.6 Å². The van der Waals surface area contributed by atoms with Crippen LogP contribution in [0.4, 0.5) is 0 Å². The van der Waals surface area contributed by atoms with E-state index in [-0.39, 0.29) is 11.7 Å². The summed E-state index contributed by atoms with van der Waals surface area (Å²) in [7, 11) is 0. The second-order valence-corrected chi connectivity index (χ2v) is 5.98. The summed E-state index contributed by atoms with van der Waals surface area (Å²) in [6, 6.07) is 0. The van der Waals surface area contributed by atoms with Crippen molar-refractivity contribution >= 4 is 17.2 Å². The van der Waals surface area contributed by atoms with Crippen LogP contribution in [0.3, 0.4) is 0 Å². The first-order chi connectivity index (χ1) is 9.04. The van der Waals surface area contributed by atoms with Gasteiger partial charge in [-0.25, -0.2) is 0 Å². The molecule has 0 amide bonds. The Bertz CT molecular complexity index is 350. The van der Waals surface area contributed by atoms with E-state index in [1.807, 2.05) is 13.8 Å². The first-order valence-corrected chi connectivity index (χ1v) is 7.68. The van der Waals surface area contributed by atoms with Crippen molar-refractivity contribution in [3.05, 3.63) is 0 Å². The molecule has 0 aromatic carbocycles. The SMILES string of the molecule is CCC/C(CC1CCCC1)=N\N=C(/C)C(=O)C(C)C. The van der Waals surface area contributed by atoms with E-state index in [9.17, 15) is 4.79 Å². The maximum Gasteiger partial charge on any atom is 0.181 e. The second kappa shape index (κ2) is 8.23. The Morgan fingerprint density at radius 3 is 2.37 bits per heavy atom. The number of hydrogen-bond acceptors (Lipinski definition) is 3. The molecule has 0 unspecified atom stereocenters. The fraction of sp³-hybridized carbons (Fsp3) is 0.812. The molecule has 0 bridgehead atoms. The van der Waals surface area contributed by atoms with Gasteiger partial charge in [0.25, 0.3) is 0 Å². The van der Waals surface area contributed by atoms with Crippen molar-refractivity contribution in [2.75, 3.05) is 0 Å². The van der Waals surface area contributed by atoms with Gasteiger partial charge < -0.3 is 0 Å². The van der Waals surface area contributed by atoms with Gasteiger partial charge >= 0.3 is 0 Å². The van der Waals surface area contributed by atoms with Crippen LogP contribution in [0.1, 0.15) is 72.6 Å². The highest BCUT2D eigenvalue weighted by Crippen LogP contribution is 2.28. The fourth-order valence-electron chi connectivity index (χ4n) is 2.64. The van der Waals surface area contributed by atoms with Crippen LogP contribution in [0.15, 0.2) is 10.2 Å². The molecule has 0 aromatic heterocycles. The van der Waals surface area contributed by atoms with Crippen molar-refractivity contribution in [1.29, 1.82) is 0 Å². The summed E-state index contributed by atoms with van der Waals surface area (Å²) in [6.45, 7) is 7.73. The van der Waals surface area contributed by atoms with Gasteiger partial charge in [0, 0.05) is 11.6 Å². The van der Waals surface area contributed by atoms with E-state index in [1.54, 1.807) is 6.92 Å². The number of Topliss-reactive ketones (excluding diaryl/α,β-unsaturated/α-hetero) is 1. The molecule has 1 saturated carbocycles. The minimum absolute atomic E-state index is 0.00315. The lowest BCUT2D eigenvalue weighted by atomic mass is 9.98. The molecule has 0 aliphatic heterocycles. The quantitative estimate of drug-likeness (QED) is 0.496. The lowest BCUT2D eigenvalue weighted by molar-refractivity contribution is -0.115. The molecule has 108 valence electrons. The van der Waals surface area contributed by atoms with E-state index >= 15 is 0 Å². The third-order valence-corrected chi connectivity index (χ3v) is 3.76. The summed E-state index contributed by atoms with van der Waals surface area (Å²) in [4.78, 5) is 11.8. The van der Waals surface area contributed by atoms with Crippen LogP contribution in [0, 0.1) is 11.8 Å². The molecule has 19 heavy (non-hydrogen) atoms. The third kappa shape index (κ3) is 5.66. The van der Waals surface area contributed by atoms with Crippen LogP contribution in [-0.2, 0) is 4.79 Å². The molecule has 3 heteroatoms. The fourth-order valence-corrected chi connectivity index (χ4v) is 2.64. The topological polar surface area (TPSA) is 41.8 Å². The summed E-state index contributed by atoms with van der Waals surface area (Å²) < 4.78 is 0. The lowest BCUT2D eigenvalue weighted by Crippen LogP contribution is -2.16. The number of hydrogen-bond donors (Lipinski definition) is 0. The highest BCUT2D eigenvalue weighted by molar-refractivity contribution is 6.39. The summed E-state index contributed by atoms with van der Waals surface area (Å²) >= 11 is 0. The second-order valence-electron chi connectivity index (χ2n) is 5.98. The highest BCUT2D eigenvalue weighted by atomic mass is 16.1. The number of ketones is 1. The van der Waals surface area contributed by atoms with Gasteiger partial charge in [-0.15, -0.1) is 0 Å². The smallest absolute Gasteiger partial charge is 0.181 e. The van der Waals surface area contributed by atoms with Gasteiger partial charge in [-0.2, -0.15) is 10.2 Å². The summed E-state index contributed by atoms with van der Waals surface area (Å²) in [5.41, 5.74) is 1.71. The molecule has 0 heterocycles. The molecule has 1 rings (SSSR count). The molecule has 1 aliphatic carbocycles. The van der Waals surface area contributed by atoms with Crippen LogP contribution in [0.5, 0.6) is 0 Å². The zero-order chi connectivity index (χ0) is 14.3. The van der Waals surface area contributed by atoms with E-state index < -0.39 is 0 Å². The Kier molecular flexibility index (Phi) is 6.96. The largest absolute Gasteiger partial charge is 0.292 e. The standard InChI is InChI=1S/C16H28N2O/c1-5-8-15(11-14-9-6-7-10-14)18-17-13(4)16(19)12(2)3/h12,14H,5-11H2,1-4H3/b17-13+,18-15+. The zero-order valence-corrected chi connectivity index (χ0v) is 12.9. The minimum Gasteiger partial charge on any atom is -0.292 e. The van der Waals surface area contributed by atoms with Gasteiger partial charge in [-0.05, 0) is 25.7 Å². The van der Waals surface area contributed by atoms with Crippen molar-refractivity contribution in [1.82, 2.24) is 0 Å². The molecule has 0 radical (unpaired) electrons. The number of nitrogens with zero attached hydrogens (tertiary/aromatic N) is 2. The van der Waals surface area contributed by atoms with Gasteiger partial charge in [-0.1, -0.05) is 52.9 Å². The van der Waals surface area contributed by atoms with E-state index in [0.29, 0.717) is 5.71 Å². The van der Waals surface area contributed by atoms with Crippen molar-refractivity contribution in [3.63, 3.8) is 0 Å². The van der Waals surface area contributed by atoms with Gasteiger partial charge in [0.1, 0.15) is 5.71 Å². The molecule has 0 atom stereocenters. The van der Waals surface area contributed by atoms with Gasteiger partial charge in [0.15, 0.2) is 5.78 Å². The van der Waals surface area contributed by atoms with Crippen molar-refractivity contribution in [3.8, 4) is 0 Å². The first-order valence-electron chi connectivity index (χ1n) is 7.68. The zero-order valence-electron chi connectivity index (χ0n) is 12.9. The monoisotopic (exact) mass is 264 g/mol. The van der Waals surface area contributed by atoms with E-state index in [1.165, 1.54) is 31.4 Å². The van der Waals surface area contributed by atoms with Crippen LogP contribution in [0.25, 0.3) is 0 Å². The predicted molar refractivity (Wildman–Crippen MR) is 81.9 cm³/mol. The van der Waals surface area contributed by atoms with Crippen LogP contribution >= 0.6 is 0 Å². The predicted octanol–water partition coefficient (Wildman–Crippen LogP) is 4.41. The average Bonchev–Trinajstić information content (AvgIpc) is 2.87. The molecule has 0 N–H and O–H groups in total. The number of carbonyl (C=O) groups is 1. The Labute approximate surface area is 117 Å². The number of rotatable bonds is 7. The summed E-state index contributed by atoms with van der Waals surface area (Å²) in [6.07, 6.45) is 8.55. The minimum atomic E-state index is 0.00315. The molecule has 1 aliphatic rings. The Hall–Kier alpha value is -0.990. The van der Waals surface area contributed by atoms with Crippen LogP contribution in [-0.4, -0.2) is 17.2 Å². The molecule has 0 spiro atoms. The highest BCUT2D eigenvalue weighted by Gasteiger charge is 2.17. The Morgan fingerprint density at radius 1 is 1.21 bits per heavy atom. The van der Waals surface area contributed by atoms with Gasteiger partial charge in [0.2, 0.25) is 0 Å². The van der Waals surface area contributed by atoms with E-state index in [0.717, 1.165) is 25.2 Å². The maximum atomic E-state index is 11.8. The Balaban J connectivity index is 2.65. The lowest BCUT2D eigenvalue weighted by Gasteiger charge is -2.10. The first kappa shape index (κ1) is 16.1. The van der Waals surface area contributed by atoms with Crippen molar-refractivity contribution in [2.24, 2.45) is 22.0 Å². The summed E-state index contributed by atoms with van der Waals surface area (Å²) in [5.74, 6) is 0.894. The van der Waals surface area contributed by atoms with Gasteiger partial charge in [-0.3, -0.25) is 4.79 Å². The molecule has 3 nitrogen and oxygen atoms in total. The van der Waals surface area contributed by atoms with Crippen LogP contribution in [0.2, 0.25) is 0 Å². The maximum absolute atomic E-state index is 11.8. The van der Waals surface area contributed by atoms with E-state index in [4.69, 9.17) is 0 Å². The molecule has 1 fully saturated rings. The Morgan fingerprint density at radius 2 is 1.84 bits per heavy atom. The number of carbonyl (C=O) groups excluding carboxylic acids is 1. The van der Waals surface area contributed by atoms with Gasteiger partial charge in [0.05, 0.1) is 0 Å². The molecule has 0 aromatic rings. The third-order valence-electron chi connectivity index (χ3n) is 3.76. The van der Waals surface area contributed by atoms with Crippen molar-refractivity contribution < 1.29 is 4.79 Å². The van der Waals surface area contributed by atoms with E-state index in [2.05, 4.69) is 17.1 Å². The normalized spacial score (nSPS) is 18.4. The summed E-state index contributed by atoms with van der Waals surface area (Å²) in [5, 5.41) is 8.53. The van der Waals surface area contributed by atoms with Crippen LogP contribution < -0.4 is 0 Å². The molecule has 0 saturated heterocycles. The molecular weight excluding hydrogens is 236 g/mol. The average molecular weight is 264 g/mol. The molecular formula is C16H28N2O.